The zero-order valence-corrected chi connectivity index (χ0v) is 9.55. The van der Waals surface area contributed by atoms with Crippen LogP contribution in [0.25, 0.3) is 11.1 Å². The summed E-state index contributed by atoms with van der Waals surface area (Å²) in [4.78, 5) is 0. The summed E-state index contributed by atoms with van der Waals surface area (Å²) in [5.74, 6) is -0.627. The summed E-state index contributed by atoms with van der Waals surface area (Å²) in [6.07, 6.45) is -4.40. The Bertz CT molecular complexity index is 535. The van der Waals surface area contributed by atoms with E-state index in [2.05, 4.69) is 0 Å². The highest BCUT2D eigenvalue weighted by atomic mass is 19.3. The molecule has 0 fully saturated rings. The molecule has 0 heterocycles. The van der Waals surface area contributed by atoms with Crippen LogP contribution in [0.2, 0.25) is 0 Å². The second-order valence-corrected chi connectivity index (χ2v) is 4.48. The van der Waals surface area contributed by atoms with Crippen LogP contribution in [-0.4, -0.2) is 17.6 Å². The molecule has 1 nitrogen and oxygen atoms in total. The number of fused-ring (bicyclic) bond motifs is 3. The topological polar surface area (TPSA) is 20.2 Å². The van der Waals surface area contributed by atoms with Gasteiger partial charge in [-0.15, -0.1) is 0 Å². The molecule has 0 aliphatic heterocycles. The van der Waals surface area contributed by atoms with Crippen molar-refractivity contribution in [2.24, 2.45) is 0 Å². The molecule has 0 bridgehead atoms. The zero-order chi connectivity index (χ0) is 12.7. The van der Waals surface area contributed by atoms with Gasteiger partial charge in [0, 0.05) is 5.92 Å². The first kappa shape index (κ1) is 11.4. The lowest BCUT2D eigenvalue weighted by Crippen LogP contribution is -2.25. The zero-order valence-electron chi connectivity index (χ0n) is 9.55. The van der Waals surface area contributed by atoms with E-state index in [1.807, 2.05) is 48.5 Å². The standard InChI is InChI=1S/C15H12F2O/c16-15(17)14(18)13-11-7-3-1-5-9(11)10-6-2-4-8-12(10)13/h1-8,13-15,18H. The summed E-state index contributed by atoms with van der Waals surface area (Å²) in [6.45, 7) is 0. The van der Waals surface area contributed by atoms with Crippen LogP contribution in [0.4, 0.5) is 8.78 Å². The van der Waals surface area contributed by atoms with Gasteiger partial charge >= 0.3 is 0 Å². The van der Waals surface area contributed by atoms with Crippen molar-refractivity contribution in [3.05, 3.63) is 59.7 Å². The maximum Gasteiger partial charge on any atom is 0.265 e. The van der Waals surface area contributed by atoms with E-state index in [4.69, 9.17) is 0 Å². The van der Waals surface area contributed by atoms with E-state index < -0.39 is 18.4 Å². The molecule has 1 aliphatic carbocycles. The molecule has 0 saturated carbocycles. The second kappa shape index (κ2) is 4.18. The molecule has 0 amide bonds. The molecule has 1 N–H and O–H groups in total. The molecule has 18 heavy (non-hydrogen) atoms. The highest BCUT2D eigenvalue weighted by molar-refractivity contribution is 5.79. The van der Waals surface area contributed by atoms with Crippen LogP contribution in [0, 0.1) is 0 Å². The summed E-state index contributed by atoms with van der Waals surface area (Å²) >= 11 is 0. The van der Waals surface area contributed by atoms with Crippen LogP contribution in [0.3, 0.4) is 0 Å². The molecular formula is C15H12F2O. The van der Waals surface area contributed by atoms with E-state index in [9.17, 15) is 13.9 Å². The molecule has 1 atom stereocenters. The van der Waals surface area contributed by atoms with Crippen molar-refractivity contribution in [2.45, 2.75) is 18.4 Å². The SMILES string of the molecule is OC(C(F)F)C1c2ccccc2-c2ccccc21. The normalized spacial score (nSPS) is 15.6. The Morgan fingerprint density at radius 3 is 1.72 bits per heavy atom. The van der Waals surface area contributed by atoms with Crippen molar-refractivity contribution in [1.82, 2.24) is 0 Å². The van der Waals surface area contributed by atoms with Crippen molar-refractivity contribution in [3.8, 4) is 11.1 Å². The van der Waals surface area contributed by atoms with Gasteiger partial charge in [0.1, 0.15) is 6.10 Å². The smallest absolute Gasteiger partial charge is 0.265 e. The van der Waals surface area contributed by atoms with Crippen LogP contribution in [0.5, 0.6) is 0 Å². The lowest BCUT2D eigenvalue weighted by molar-refractivity contribution is -0.0126. The summed E-state index contributed by atoms with van der Waals surface area (Å²) in [5, 5.41) is 9.77. The molecule has 2 aromatic rings. The van der Waals surface area contributed by atoms with E-state index in [0.29, 0.717) is 0 Å². The van der Waals surface area contributed by atoms with Crippen molar-refractivity contribution < 1.29 is 13.9 Å². The third-order valence-corrected chi connectivity index (χ3v) is 3.48. The highest BCUT2D eigenvalue weighted by Gasteiger charge is 2.37. The number of alkyl halides is 2. The average molecular weight is 246 g/mol. The number of hydrogen-bond donors (Lipinski definition) is 1. The van der Waals surface area contributed by atoms with Crippen molar-refractivity contribution in [1.29, 1.82) is 0 Å². The van der Waals surface area contributed by atoms with Gasteiger partial charge in [0.15, 0.2) is 0 Å². The van der Waals surface area contributed by atoms with Gasteiger partial charge in [-0.1, -0.05) is 48.5 Å². The molecule has 2 aromatic carbocycles. The first-order valence-electron chi connectivity index (χ1n) is 5.84. The monoisotopic (exact) mass is 246 g/mol. The molecule has 1 unspecified atom stereocenters. The van der Waals surface area contributed by atoms with Gasteiger partial charge in [-0.05, 0) is 22.3 Å². The molecule has 92 valence electrons. The van der Waals surface area contributed by atoms with Gasteiger partial charge in [-0.2, -0.15) is 0 Å². The van der Waals surface area contributed by atoms with Crippen LogP contribution in [-0.2, 0) is 0 Å². The molecule has 1 aliphatic rings. The Morgan fingerprint density at radius 1 is 0.833 bits per heavy atom. The quantitative estimate of drug-likeness (QED) is 0.860. The van der Waals surface area contributed by atoms with Crippen LogP contribution in [0.1, 0.15) is 17.0 Å². The van der Waals surface area contributed by atoms with Gasteiger partial charge in [0.05, 0.1) is 0 Å². The fourth-order valence-corrected chi connectivity index (χ4v) is 2.71. The van der Waals surface area contributed by atoms with E-state index in [-0.39, 0.29) is 0 Å². The highest BCUT2D eigenvalue weighted by Crippen LogP contribution is 2.46. The number of rotatable bonds is 2. The number of aliphatic hydroxyl groups excluding tert-OH is 1. The third-order valence-electron chi connectivity index (χ3n) is 3.48. The minimum atomic E-state index is -2.74. The lowest BCUT2D eigenvalue weighted by Gasteiger charge is -2.19. The molecule has 0 radical (unpaired) electrons. The Balaban J connectivity index is 2.21. The van der Waals surface area contributed by atoms with E-state index in [1.165, 1.54) is 0 Å². The van der Waals surface area contributed by atoms with Crippen molar-refractivity contribution in [3.63, 3.8) is 0 Å². The summed E-state index contributed by atoms with van der Waals surface area (Å²) in [7, 11) is 0. The maximum absolute atomic E-state index is 12.8. The number of aliphatic hydroxyl groups is 1. The number of benzene rings is 2. The van der Waals surface area contributed by atoms with Crippen LogP contribution < -0.4 is 0 Å². The fraction of sp³-hybridized carbons (Fsp3) is 0.200. The molecule has 0 saturated heterocycles. The Morgan fingerprint density at radius 2 is 1.28 bits per heavy atom. The Kier molecular flexibility index (Phi) is 2.63. The van der Waals surface area contributed by atoms with E-state index in [0.717, 1.165) is 22.3 Å². The summed E-state index contributed by atoms with van der Waals surface area (Å²) in [5.41, 5.74) is 3.45. The van der Waals surface area contributed by atoms with Gasteiger partial charge in [-0.25, -0.2) is 8.78 Å². The minimum Gasteiger partial charge on any atom is -0.386 e. The Hall–Kier alpha value is -1.74. The first-order chi connectivity index (χ1) is 8.70. The number of hydrogen-bond acceptors (Lipinski definition) is 1. The lowest BCUT2D eigenvalue weighted by atomic mass is 9.91. The van der Waals surface area contributed by atoms with Crippen molar-refractivity contribution in [2.75, 3.05) is 0 Å². The third kappa shape index (κ3) is 1.55. The summed E-state index contributed by atoms with van der Waals surface area (Å²) < 4.78 is 25.6. The van der Waals surface area contributed by atoms with Crippen molar-refractivity contribution >= 4 is 0 Å². The molecule has 0 spiro atoms. The molecular weight excluding hydrogens is 234 g/mol. The van der Waals surface area contributed by atoms with Crippen LogP contribution >= 0.6 is 0 Å². The van der Waals surface area contributed by atoms with Gasteiger partial charge in [0.25, 0.3) is 6.43 Å². The first-order valence-corrected chi connectivity index (χ1v) is 5.84. The van der Waals surface area contributed by atoms with Gasteiger partial charge in [0.2, 0.25) is 0 Å². The number of halogens is 2. The van der Waals surface area contributed by atoms with Gasteiger partial charge in [-0.3, -0.25) is 0 Å². The molecule has 0 aromatic heterocycles. The second-order valence-electron chi connectivity index (χ2n) is 4.48. The largest absolute Gasteiger partial charge is 0.386 e. The average Bonchev–Trinajstić information content (AvgIpc) is 2.72. The van der Waals surface area contributed by atoms with Gasteiger partial charge < -0.3 is 5.11 Å². The Labute approximate surface area is 104 Å². The van der Waals surface area contributed by atoms with E-state index >= 15 is 0 Å². The predicted octanol–water partition coefficient (Wildman–Crippen LogP) is 3.42. The van der Waals surface area contributed by atoms with E-state index in [1.54, 1.807) is 0 Å². The van der Waals surface area contributed by atoms with Crippen LogP contribution in [0.15, 0.2) is 48.5 Å². The molecule has 3 rings (SSSR count). The fourth-order valence-electron chi connectivity index (χ4n) is 2.71. The summed E-state index contributed by atoms with van der Waals surface area (Å²) in [6, 6.07) is 14.8. The predicted molar refractivity (Wildman–Crippen MR) is 65.7 cm³/mol. The maximum atomic E-state index is 12.8. The minimum absolute atomic E-state index is 0.627. The molecule has 3 heteroatoms.